The molecule has 1 aromatic carbocycles. The van der Waals surface area contributed by atoms with Gasteiger partial charge in [-0.2, -0.15) is 0 Å². The van der Waals surface area contributed by atoms with Crippen molar-refractivity contribution in [2.24, 2.45) is 5.41 Å². The van der Waals surface area contributed by atoms with Gasteiger partial charge in [0.25, 0.3) is 0 Å². The molecule has 3 heterocycles. The maximum absolute atomic E-state index is 13.8. The summed E-state index contributed by atoms with van der Waals surface area (Å²) < 4.78 is 0. The molecule has 3 aliphatic heterocycles. The van der Waals surface area contributed by atoms with E-state index in [0.29, 0.717) is 6.42 Å². The Morgan fingerprint density at radius 3 is 2.56 bits per heavy atom. The average molecular weight is 367 g/mol. The highest BCUT2D eigenvalue weighted by Gasteiger charge is 2.63. The van der Waals surface area contributed by atoms with Crippen LogP contribution in [0.5, 0.6) is 0 Å². The molecule has 1 aromatic rings. The molecule has 6 heteroatoms. The fourth-order valence-electron chi connectivity index (χ4n) is 5.72. The molecule has 4 aliphatic rings. The number of urea groups is 1. The predicted octanol–water partition coefficient (Wildman–Crippen LogP) is 2.61. The van der Waals surface area contributed by atoms with Crippen LogP contribution in [0.1, 0.15) is 50.5 Å². The monoisotopic (exact) mass is 367 g/mol. The molecule has 0 unspecified atom stereocenters. The van der Waals surface area contributed by atoms with Crippen molar-refractivity contribution in [2.45, 2.75) is 63.5 Å². The van der Waals surface area contributed by atoms with Gasteiger partial charge in [0, 0.05) is 18.3 Å². The van der Waals surface area contributed by atoms with Crippen molar-refractivity contribution in [1.29, 1.82) is 0 Å². The number of imide groups is 2. The van der Waals surface area contributed by atoms with Crippen molar-refractivity contribution in [1.82, 2.24) is 10.2 Å². The average Bonchev–Trinajstić information content (AvgIpc) is 3.18. The second-order valence-electron chi connectivity index (χ2n) is 8.35. The largest absolute Gasteiger partial charge is 0.367 e. The van der Waals surface area contributed by atoms with Crippen LogP contribution < -0.4 is 10.2 Å². The lowest BCUT2D eigenvalue weighted by Gasteiger charge is -2.51. The van der Waals surface area contributed by atoms with Gasteiger partial charge < -0.3 is 4.90 Å². The number of benzene rings is 1. The highest BCUT2D eigenvalue weighted by molar-refractivity contribution is 6.20. The van der Waals surface area contributed by atoms with E-state index in [0.717, 1.165) is 62.7 Å². The van der Waals surface area contributed by atoms with Crippen molar-refractivity contribution in [3.63, 3.8) is 0 Å². The van der Waals surface area contributed by atoms with E-state index in [9.17, 15) is 14.4 Å². The number of carbonyl (C=O) groups excluding carboxylic acids is 3. The molecule has 6 nitrogen and oxygen atoms in total. The Morgan fingerprint density at radius 2 is 1.74 bits per heavy atom. The molecule has 27 heavy (non-hydrogen) atoms. The van der Waals surface area contributed by atoms with E-state index in [2.05, 4.69) is 16.3 Å². The summed E-state index contributed by atoms with van der Waals surface area (Å²) in [6, 6.07) is 7.28. The van der Waals surface area contributed by atoms with Gasteiger partial charge in [0.15, 0.2) is 5.41 Å². The standard InChI is InChI=1S/C21H25N3O3/c25-18-21(19(26)24(20(27)22-18)15-8-2-1-3-9-15)13-14-7-4-5-10-16(14)23-12-6-11-17(21)23/h4-5,7,10,15,17H,1-3,6,8-9,11-13H2,(H,22,25,27)/t17-,21-/m1/s1. The van der Waals surface area contributed by atoms with Crippen LogP contribution in [-0.2, 0) is 16.0 Å². The SMILES string of the molecule is O=C1NC(=O)[C@]2(Cc3ccccc3N3CCC[C@@H]32)C(=O)N1C1CCCCC1. The van der Waals surface area contributed by atoms with Crippen molar-refractivity contribution >= 4 is 23.5 Å². The van der Waals surface area contributed by atoms with Gasteiger partial charge >= 0.3 is 6.03 Å². The molecule has 2 saturated heterocycles. The van der Waals surface area contributed by atoms with Crippen LogP contribution in [0, 0.1) is 5.41 Å². The van der Waals surface area contributed by atoms with Gasteiger partial charge in [0.1, 0.15) is 0 Å². The Bertz CT molecular complexity index is 817. The quantitative estimate of drug-likeness (QED) is 0.775. The molecule has 4 amide bonds. The minimum atomic E-state index is -1.18. The van der Waals surface area contributed by atoms with Gasteiger partial charge in [-0.15, -0.1) is 0 Å². The van der Waals surface area contributed by atoms with Crippen LogP contribution in [-0.4, -0.2) is 41.4 Å². The zero-order valence-electron chi connectivity index (χ0n) is 15.4. The lowest BCUT2D eigenvalue weighted by atomic mass is 9.68. The van der Waals surface area contributed by atoms with Crippen LogP contribution in [0.4, 0.5) is 10.5 Å². The number of amides is 4. The van der Waals surface area contributed by atoms with Gasteiger partial charge in [-0.3, -0.25) is 19.8 Å². The van der Waals surface area contributed by atoms with Gasteiger partial charge in [-0.05, 0) is 43.7 Å². The van der Waals surface area contributed by atoms with Gasteiger partial charge in [-0.1, -0.05) is 37.5 Å². The first kappa shape index (κ1) is 16.8. The minimum absolute atomic E-state index is 0.0803. The summed E-state index contributed by atoms with van der Waals surface area (Å²) >= 11 is 0. The molecular weight excluding hydrogens is 342 g/mol. The summed E-state index contributed by atoms with van der Waals surface area (Å²) in [5.41, 5.74) is 0.973. The van der Waals surface area contributed by atoms with Crippen molar-refractivity contribution in [2.75, 3.05) is 11.4 Å². The maximum atomic E-state index is 13.8. The van der Waals surface area contributed by atoms with Crippen molar-refractivity contribution in [3.8, 4) is 0 Å². The third-order valence-electron chi connectivity index (χ3n) is 6.98. The summed E-state index contributed by atoms with van der Waals surface area (Å²) in [6.45, 7) is 0.849. The smallest absolute Gasteiger partial charge is 0.331 e. The van der Waals surface area contributed by atoms with Crippen molar-refractivity contribution in [3.05, 3.63) is 29.8 Å². The maximum Gasteiger partial charge on any atom is 0.331 e. The van der Waals surface area contributed by atoms with E-state index in [1.165, 1.54) is 4.90 Å². The van der Waals surface area contributed by atoms with Crippen molar-refractivity contribution < 1.29 is 14.4 Å². The lowest BCUT2D eigenvalue weighted by molar-refractivity contribution is -0.155. The molecule has 1 saturated carbocycles. The van der Waals surface area contributed by atoms with Crippen LogP contribution in [0.3, 0.4) is 0 Å². The third-order valence-corrected chi connectivity index (χ3v) is 6.98. The summed E-state index contributed by atoms with van der Waals surface area (Å²) in [4.78, 5) is 43.2. The van der Waals surface area contributed by atoms with Gasteiger partial charge in [0.2, 0.25) is 11.8 Å². The first-order valence-corrected chi connectivity index (χ1v) is 10.2. The molecule has 3 fully saturated rings. The lowest BCUT2D eigenvalue weighted by Crippen LogP contribution is -2.72. The fraction of sp³-hybridized carbons (Fsp3) is 0.571. The van der Waals surface area contributed by atoms with Crippen LogP contribution in [0.2, 0.25) is 0 Å². The second-order valence-corrected chi connectivity index (χ2v) is 8.35. The number of fused-ring (bicyclic) bond motifs is 4. The molecule has 0 bridgehead atoms. The normalized spacial score (nSPS) is 31.1. The van der Waals surface area contributed by atoms with Crippen LogP contribution >= 0.6 is 0 Å². The molecule has 1 aliphatic carbocycles. The molecule has 0 radical (unpaired) electrons. The number of carbonyl (C=O) groups is 3. The fourth-order valence-corrected chi connectivity index (χ4v) is 5.72. The Kier molecular flexibility index (Phi) is 3.78. The van der Waals surface area contributed by atoms with E-state index in [4.69, 9.17) is 0 Å². The predicted molar refractivity (Wildman–Crippen MR) is 100 cm³/mol. The van der Waals surface area contributed by atoms with Crippen LogP contribution in [0.25, 0.3) is 0 Å². The van der Waals surface area contributed by atoms with E-state index >= 15 is 0 Å². The zero-order valence-corrected chi connectivity index (χ0v) is 15.4. The first-order chi connectivity index (χ1) is 13.1. The molecule has 5 rings (SSSR count). The minimum Gasteiger partial charge on any atom is -0.367 e. The Balaban J connectivity index is 1.60. The number of nitrogens with zero attached hydrogens (tertiary/aromatic N) is 2. The van der Waals surface area contributed by atoms with E-state index < -0.39 is 17.4 Å². The number of hydrogen-bond donors (Lipinski definition) is 1. The summed E-state index contributed by atoms with van der Waals surface area (Å²) in [7, 11) is 0. The number of rotatable bonds is 1. The van der Waals surface area contributed by atoms with Crippen LogP contribution in [0.15, 0.2) is 24.3 Å². The zero-order chi connectivity index (χ0) is 18.6. The van der Waals surface area contributed by atoms with E-state index in [1.807, 2.05) is 18.2 Å². The molecule has 1 N–H and O–H groups in total. The highest BCUT2D eigenvalue weighted by Crippen LogP contribution is 2.48. The topological polar surface area (TPSA) is 69.7 Å². The number of para-hydroxylation sites is 1. The third kappa shape index (κ3) is 2.28. The summed E-state index contributed by atoms with van der Waals surface area (Å²) in [5, 5.41) is 2.56. The van der Waals surface area contributed by atoms with Gasteiger partial charge in [0.05, 0.1) is 6.04 Å². The molecule has 0 aromatic heterocycles. The van der Waals surface area contributed by atoms with Gasteiger partial charge in [-0.25, -0.2) is 4.79 Å². The Hall–Kier alpha value is -2.37. The number of barbiturate groups is 1. The number of hydrogen-bond acceptors (Lipinski definition) is 4. The van der Waals surface area contributed by atoms with E-state index in [1.54, 1.807) is 0 Å². The number of anilines is 1. The summed E-state index contributed by atoms with van der Waals surface area (Å²) in [5.74, 6) is -0.675. The summed E-state index contributed by atoms with van der Waals surface area (Å²) in [6.07, 6.45) is 7.03. The molecule has 142 valence electrons. The second kappa shape index (κ2) is 6.08. The number of nitrogens with one attached hydrogen (secondary N) is 1. The molecular formula is C21H25N3O3. The molecule has 1 spiro atoms. The Morgan fingerprint density at radius 1 is 0.963 bits per heavy atom. The Labute approximate surface area is 158 Å². The molecule has 2 atom stereocenters. The van der Waals surface area contributed by atoms with E-state index in [-0.39, 0.29) is 18.0 Å². The first-order valence-electron chi connectivity index (χ1n) is 10.2. The highest BCUT2D eigenvalue weighted by atomic mass is 16.2.